The van der Waals surface area contributed by atoms with Crippen LogP contribution < -0.4 is 9.67 Å². The van der Waals surface area contributed by atoms with Crippen LogP contribution in [0.5, 0.6) is 5.88 Å². The maximum atomic E-state index is 13.9. The van der Waals surface area contributed by atoms with E-state index in [-0.39, 0.29) is 40.6 Å². The third kappa shape index (κ3) is 3.61. The maximum Gasteiger partial charge on any atom is 0.327 e. The highest BCUT2D eigenvalue weighted by Crippen LogP contribution is 2.39. The molecule has 0 atom stereocenters. The largest absolute Gasteiger partial charge is 0.858 e. The van der Waals surface area contributed by atoms with Crippen LogP contribution in [0.1, 0.15) is 55.8 Å². The second-order valence-electron chi connectivity index (χ2n) is 9.01. The van der Waals surface area contributed by atoms with Crippen LogP contribution in [-0.4, -0.2) is 32.5 Å². The summed E-state index contributed by atoms with van der Waals surface area (Å²) in [6, 6.07) is 12.8. The molecule has 1 aliphatic heterocycles. The van der Waals surface area contributed by atoms with Crippen LogP contribution in [0.25, 0.3) is 17.0 Å². The van der Waals surface area contributed by atoms with Crippen LogP contribution in [0.15, 0.2) is 54.9 Å². The Morgan fingerprint density at radius 2 is 1.76 bits per heavy atom. The van der Waals surface area contributed by atoms with E-state index in [1.165, 1.54) is 9.58 Å². The predicted octanol–water partition coefficient (Wildman–Crippen LogP) is 3.17. The molecule has 1 fully saturated rings. The molecule has 1 aromatic carbocycles. The van der Waals surface area contributed by atoms with Crippen LogP contribution in [-0.2, 0) is 16.0 Å². The topological polar surface area (TPSA) is 82.1 Å². The Hall–Kier alpha value is -3.74. The summed E-state index contributed by atoms with van der Waals surface area (Å²) >= 11 is 0. The van der Waals surface area contributed by atoms with Crippen molar-refractivity contribution in [3.63, 3.8) is 0 Å². The number of rotatable bonds is 5. The third-order valence-electron chi connectivity index (χ3n) is 6.74. The van der Waals surface area contributed by atoms with Crippen molar-refractivity contribution in [3.05, 3.63) is 71.7 Å². The molecule has 5 rings (SSSR count). The number of hydrogen-bond donors (Lipinski definition) is 0. The van der Waals surface area contributed by atoms with Gasteiger partial charge in [-0.1, -0.05) is 44.4 Å². The van der Waals surface area contributed by atoms with Gasteiger partial charge < -0.3 is 5.11 Å². The normalized spacial score (nSPS) is 17.2. The quantitative estimate of drug-likeness (QED) is 0.436. The van der Waals surface area contributed by atoms with Crippen molar-refractivity contribution in [1.29, 1.82) is 0 Å². The molecule has 174 valence electrons. The summed E-state index contributed by atoms with van der Waals surface area (Å²) in [4.78, 5) is 29.1. The molecular formula is C27H28N4O3. The average molecular weight is 457 g/mol. The Bertz CT molecular complexity index is 1290. The fraction of sp³-hybridized carbons (Fsp3) is 0.333. The molecule has 2 aliphatic rings. The van der Waals surface area contributed by atoms with E-state index in [0.29, 0.717) is 17.8 Å². The zero-order chi connectivity index (χ0) is 23.8. The van der Waals surface area contributed by atoms with Gasteiger partial charge in [0.25, 0.3) is 11.6 Å². The highest BCUT2D eigenvalue weighted by atomic mass is 16.3. The number of benzene rings is 1. The Kier molecular flexibility index (Phi) is 5.77. The standard InChI is InChI=1S/C27H28N4O3/c1-3-21-22(26(33)31(28-21)20-14-8-5-9-15-20)23-24(29-16-10-11-18(2)17-29)27(34)30(25(23)32)19-12-6-4-7-13-19/h5,8-11,14-17,19H,3-4,6-7,12-13H2,1-2H3. The van der Waals surface area contributed by atoms with E-state index in [2.05, 4.69) is 5.10 Å². The van der Waals surface area contributed by atoms with Gasteiger partial charge in [-0.05, 0) is 50.3 Å². The van der Waals surface area contributed by atoms with Crippen molar-refractivity contribution in [2.75, 3.05) is 0 Å². The van der Waals surface area contributed by atoms with E-state index in [9.17, 15) is 14.7 Å². The second kappa shape index (κ2) is 8.89. The molecule has 0 radical (unpaired) electrons. The number of amides is 2. The first-order valence-corrected chi connectivity index (χ1v) is 12.0. The zero-order valence-corrected chi connectivity index (χ0v) is 19.5. The molecule has 0 N–H and O–H groups in total. The summed E-state index contributed by atoms with van der Waals surface area (Å²) in [6.07, 6.45) is 8.73. The van der Waals surface area contributed by atoms with Crippen LogP contribution in [0, 0.1) is 6.92 Å². The van der Waals surface area contributed by atoms with E-state index < -0.39 is 0 Å². The minimum absolute atomic E-state index is 0.143. The summed E-state index contributed by atoms with van der Waals surface area (Å²) in [5.41, 5.74) is 2.71. The van der Waals surface area contributed by atoms with Gasteiger partial charge >= 0.3 is 5.91 Å². The first kappa shape index (κ1) is 22.1. The van der Waals surface area contributed by atoms with Gasteiger partial charge in [-0.15, -0.1) is 0 Å². The van der Waals surface area contributed by atoms with Gasteiger partial charge in [0.2, 0.25) is 0 Å². The Balaban J connectivity index is 1.73. The molecule has 0 bridgehead atoms. The smallest absolute Gasteiger partial charge is 0.327 e. The monoisotopic (exact) mass is 456 g/mol. The summed E-state index contributed by atoms with van der Waals surface area (Å²) in [5, 5.41) is 18.3. The Labute approximate surface area is 199 Å². The van der Waals surface area contributed by atoms with Crippen molar-refractivity contribution in [2.45, 2.75) is 58.4 Å². The number of hydrogen-bond acceptors (Lipinski definition) is 4. The SMILES string of the molecule is CCc1nn(-c2ccccc2)c([O-])c1C1=C([n+]2cccc(C)c2)C(=O)N(C2CCCCC2)C1=O. The molecule has 2 amide bonds. The van der Waals surface area contributed by atoms with Crippen molar-refractivity contribution in [2.24, 2.45) is 0 Å². The molecule has 7 nitrogen and oxygen atoms in total. The fourth-order valence-corrected chi connectivity index (χ4v) is 5.09. The number of aryl methyl sites for hydroxylation is 2. The summed E-state index contributed by atoms with van der Waals surface area (Å²) in [7, 11) is 0. The molecule has 0 saturated heterocycles. The predicted molar refractivity (Wildman–Crippen MR) is 126 cm³/mol. The van der Waals surface area contributed by atoms with Gasteiger partial charge in [0.1, 0.15) is 5.57 Å². The molecule has 2 aromatic heterocycles. The van der Waals surface area contributed by atoms with Crippen LogP contribution >= 0.6 is 0 Å². The van der Waals surface area contributed by atoms with Crippen LogP contribution in [0.2, 0.25) is 0 Å². The number of pyridine rings is 1. The molecule has 3 aromatic rings. The lowest BCUT2D eigenvalue weighted by Gasteiger charge is -2.29. The number of nitrogens with zero attached hydrogens (tertiary/aromatic N) is 4. The summed E-state index contributed by atoms with van der Waals surface area (Å²) in [5.74, 6) is -1.10. The lowest BCUT2D eigenvalue weighted by atomic mass is 9.94. The van der Waals surface area contributed by atoms with Crippen LogP contribution in [0.4, 0.5) is 0 Å². The van der Waals surface area contributed by atoms with E-state index >= 15 is 0 Å². The fourth-order valence-electron chi connectivity index (χ4n) is 5.09. The van der Waals surface area contributed by atoms with Gasteiger partial charge in [-0.2, -0.15) is 9.67 Å². The number of carbonyl (C=O) groups is 2. The molecule has 1 saturated carbocycles. The highest BCUT2D eigenvalue weighted by Gasteiger charge is 2.49. The molecule has 1 aliphatic carbocycles. The van der Waals surface area contributed by atoms with Gasteiger partial charge in [0.05, 0.1) is 11.4 Å². The lowest BCUT2D eigenvalue weighted by Crippen LogP contribution is -2.45. The van der Waals surface area contributed by atoms with Crippen molar-refractivity contribution in [3.8, 4) is 11.6 Å². The molecule has 7 heteroatoms. The minimum atomic E-state index is -0.389. The third-order valence-corrected chi connectivity index (χ3v) is 6.74. The summed E-state index contributed by atoms with van der Waals surface area (Å²) < 4.78 is 3.02. The van der Waals surface area contributed by atoms with Gasteiger partial charge in [0, 0.05) is 23.2 Å². The first-order valence-electron chi connectivity index (χ1n) is 12.0. The summed E-state index contributed by atoms with van der Waals surface area (Å²) in [6.45, 7) is 3.83. The van der Waals surface area contributed by atoms with E-state index in [0.717, 1.165) is 37.7 Å². The lowest BCUT2D eigenvalue weighted by molar-refractivity contribution is -0.577. The average Bonchev–Trinajstić information content (AvgIpc) is 3.32. The van der Waals surface area contributed by atoms with Crippen LogP contribution in [0.3, 0.4) is 0 Å². The van der Waals surface area contributed by atoms with Crippen molar-refractivity contribution < 1.29 is 19.3 Å². The Morgan fingerprint density at radius 1 is 1.03 bits per heavy atom. The molecule has 0 spiro atoms. The van der Waals surface area contributed by atoms with Gasteiger partial charge in [0.15, 0.2) is 12.4 Å². The van der Waals surface area contributed by atoms with E-state index in [1.54, 1.807) is 22.9 Å². The number of carbonyl (C=O) groups excluding carboxylic acids is 2. The molecule has 34 heavy (non-hydrogen) atoms. The van der Waals surface area contributed by atoms with Gasteiger partial charge in [-0.3, -0.25) is 14.5 Å². The second-order valence-corrected chi connectivity index (χ2v) is 9.01. The molecular weight excluding hydrogens is 428 g/mol. The number of para-hydroxylation sites is 1. The zero-order valence-electron chi connectivity index (χ0n) is 19.5. The molecule has 0 unspecified atom stereocenters. The van der Waals surface area contributed by atoms with Gasteiger partial charge in [-0.25, -0.2) is 4.68 Å². The minimum Gasteiger partial charge on any atom is -0.858 e. The van der Waals surface area contributed by atoms with E-state index in [4.69, 9.17) is 0 Å². The van der Waals surface area contributed by atoms with Crippen molar-refractivity contribution in [1.82, 2.24) is 14.7 Å². The highest BCUT2D eigenvalue weighted by molar-refractivity contribution is 6.45. The first-order chi connectivity index (χ1) is 16.5. The van der Waals surface area contributed by atoms with E-state index in [1.807, 2.05) is 50.4 Å². The number of aromatic nitrogens is 3. The Morgan fingerprint density at radius 3 is 2.44 bits per heavy atom. The van der Waals surface area contributed by atoms with Crippen molar-refractivity contribution >= 4 is 23.1 Å². The maximum absolute atomic E-state index is 13.9. The number of imide groups is 1. The molecule has 3 heterocycles.